The molecular formula is C21H21Cl2F3N4O. The number of fused-ring (bicyclic) bond motifs is 1. The summed E-state index contributed by atoms with van der Waals surface area (Å²) >= 11 is 0. The molecule has 0 radical (unpaired) electrons. The van der Waals surface area contributed by atoms with Gasteiger partial charge in [-0.1, -0.05) is 18.2 Å². The van der Waals surface area contributed by atoms with Gasteiger partial charge in [0.2, 0.25) is 0 Å². The lowest BCUT2D eigenvalue weighted by Gasteiger charge is -2.27. The number of halogens is 5. The predicted molar refractivity (Wildman–Crippen MR) is 120 cm³/mol. The molecule has 4 rings (SSSR count). The summed E-state index contributed by atoms with van der Waals surface area (Å²) in [6, 6.07) is 14.4. The highest BCUT2D eigenvalue weighted by Gasteiger charge is 2.33. The van der Waals surface area contributed by atoms with Gasteiger partial charge in [-0.3, -0.25) is 4.79 Å². The Morgan fingerprint density at radius 3 is 2.29 bits per heavy atom. The summed E-state index contributed by atoms with van der Waals surface area (Å²) in [5.41, 5.74) is 0.753. The Morgan fingerprint density at radius 1 is 1.00 bits per heavy atom. The van der Waals surface area contributed by atoms with Crippen LogP contribution < -0.4 is 10.6 Å². The number of pyridine rings is 1. The van der Waals surface area contributed by atoms with Crippen LogP contribution in [0.5, 0.6) is 0 Å². The number of nitrogens with one attached hydrogen (secondary N) is 2. The molecule has 1 fully saturated rings. The fraction of sp³-hybridized carbons (Fsp3) is 0.238. The van der Waals surface area contributed by atoms with E-state index in [2.05, 4.69) is 15.6 Å². The molecule has 1 aromatic heterocycles. The molecule has 2 heterocycles. The standard InChI is InChI=1S/C21H19F3N4O.2ClH/c22-21(23,24)19-13-18(16-3-1-2-4-17(16)27-19)26-15-7-5-14(6-8-15)20(29)28-11-9-25-10-12-28;;/h1-8,13,25H,9-12H2,(H,26,27);2*1H. The highest BCUT2D eigenvalue weighted by Crippen LogP contribution is 2.34. The average molecular weight is 473 g/mol. The number of piperazine rings is 1. The molecule has 5 nitrogen and oxygen atoms in total. The number of hydrogen-bond acceptors (Lipinski definition) is 4. The van der Waals surface area contributed by atoms with E-state index in [0.29, 0.717) is 35.4 Å². The molecule has 1 aliphatic rings. The van der Waals surface area contributed by atoms with Crippen LogP contribution in [-0.2, 0) is 6.18 Å². The van der Waals surface area contributed by atoms with Crippen molar-refractivity contribution in [2.24, 2.45) is 0 Å². The Hall–Kier alpha value is -2.55. The maximum atomic E-state index is 13.2. The number of amides is 1. The Kier molecular flexibility index (Phi) is 8.11. The number of nitrogens with zero attached hydrogens (tertiary/aromatic N) is 2. The van der Waals surface area contributed by atoms with Gasteiger partial charge >= 0.3 is 6.18 Å². The zero-order chi connectivity index (χ0) is 20.4. The number of rotatable bonds is 3. The molecule has 166 valence electrons. The molecule has 0 atom stereocenters. The third-order valence-electron chi connectivity index (χ3n) is 4.82. The van der Waals surface area contributed by atoms with Crippen molar-refractivity contribution in [3.8, 4) is 0 Å². The van der Waals surface area contributed by atoms with Crippen LogP contribution in [0.3, 0.4) is 0 Å². The minimum absolute atomic E-state index is 0. The fourth-order valence-corrected chi connectivity index (χ4v) is 3.33. The summed E-state index contributed by atoms with van der Waals surface area (Å²) in [7, 11) is 0. The van der Waals surface area contributed by atoms with Crippen molar-refractivity contribution < 1.29 is 18.0 Å². The summed E-state index contributed by atoms with van der Waals surface area (Å²) in [5.74, 6) is -0.0493. The van der Waals surface area contributed by atoms with Crippen LogP contribution in [-0.4, -0.2) is 42.0 Å². The highest BCUT2D eigenvalue weighted by atomic mass is 35.5. The maximum absolute atomic E-state index is 13.2. The van der Waals surface area contributed by atoms with Crippen LogP contribution in [0.25, 0.3) is 10.9 Å². The first-order valence-corrected chi connectivity index (χ1v) is 9.26. The van der Waals surface area contributed by atoms with E-state index in [-0.39, 0.29) is 36.2 Å². The molecule has 0 bridgehead atoms. The molecule has 1 saturated heterocycles. The first kappa shape index (κ1) is 24.7. The van der Waals surface area contributed by atoms with E-state index in [9.17, 15) is 18.0 Å². The van der Waals surface area contributed by atoms with E-state index in [1.165, 1.54) is 0 Å². The molecule has 0 aliphatic carbocycles. The van der Waals surface area contributed by atoms with Crippen LogP contribution in [0.4, 0.5) is 24.5 Å². The molecule has 2 N–H and O–H groups in total. The molecular weight excluding hydrogens is 452 g/mol. The summed E-state index contributed by atoms with van der Waals surface area (Å²) in [6.45, 7) is 2.84. The van der Waals surface area contributed by atoms with Crippen LogP contribution in [0.15, 0.2) is 54.6 Å². The normalized spacial score (nSPS) is 13.8. The van der Waals surface area contributed by atoms with E-state index in [4.69, 9.17) is 0 Å². The van der Waals surface area contributed by atoms with Crippen molar-refractivity contribution >= 4 is 53.0 Å². The van der Waals surface area contributed by atoms with Crippen LogP contribution >= 0.6 is 24.8 Å². The van der Waals surface area contributed by atoms with Crippen molar-refractivity contribution in [3.63, 3.8) is 0 Å². The topological polar surface area (TPSA) is 57.3 Å². The fourth-order valence-electron chi connectivity index (χ4n) is 3.33. The van der Waals surface area contributed by atoms with E-state index >= 15 is 0 Å². The van der Waals surface area contributed by atoms with Gasteiger partial charge in [-0.15, -0.1) is 24.8 Å². The van der Waals surface area contributed by atoms with Crippen molar-refractivity contribution in [1.82, 2.24) is 15.2 Å². The zero-order valence-corrected chi connectivity index (χ0v) is 17.9. The van der Waals surface area contributed by atoms with Gasteiger partial charge in [0.1, 0.15) is 5.69 Å². The third-order valence-corrected chi connectivity index (χ3v) is 4.82. The van der Waals surface area contributed by atoms with Crippen molar-refractivity contribution in [2.75, 3.05) is 31.5 Å². The Bertz CT molecular complexity index is 1040. The van der Waals surface area contributed by atoms with Gasteiger partial charge in [0.25, 0.3) is 5.91 Å². The molecule has 0 unspecified atom stereocenters. The smallest absolute Gasteiger partial charge is 0.355 e. The molecule has 0 saturated carbocycles. The molecule has 1 amide bonds. The van der Waals surface area contributed by atoms with E-state index in [1.807, 2.05) is 0 Å². The summed E-state index contributed by atoms with van der Waals surface area (Å²) in [4.78, 5) is 18.0. The van der Waals surface area contributed by atoms with Gasteiger partial charge in [-0.2, -0.15) is 13.2 Å². The van der Waals surface area contributed by atoms with Gasteiger partial charge in [0, 0.05) is 42.8 Å². The van der Waals surface area contributed by atoms with Crippen LogP contribution in [0.1, 0.15) is 16.1 Å². The van der Waals surface area contributed by atoms with E-state index in [1.54, 1.807) is 53.4 Å². The highest BCUT2D eigenvalue weighted by molar-refractivity contribution is 5.96. The minimum Gasteiger partial charge on any atom is -0.355 e. The van der Waals surface area contributed by atoms with Gasteiger partial charge in [0.05, 0.1) is 11.2 Å². The van der Waals surface area contributed by atoms with Gasteiger partial charge < -0.3 is 15.5 Å². The quantitative estimate of drug-likeness (QED) is 0.569. The molecule has 2 aromatic carbocycles. The van der Waals surface area contributed by atoms with Crippen molar-refractivity contribution in [1.29, 1.82) is 0 Å². The molecule has 10 heteroatoms. The molecule has 1 aliphatic heterocycles. The Labute approximate surface area is 189 Å². The minimum atomic E-state index is -4.54. The summed E-state index contributed by atoms with van der Waals surface area (Å²) in [5, 5.41) is 6.81. The molecule has 0 spiro atoms. The van der Waals surface area contributed by atoms with Gasteiger partial charge in [-0.25, -0.2) is 4.98 Å². The number of carbonyl (C=O) groups excluding carboxylic acids is 1. The number of aromatic nitrogens is 1. The SMILES string of the molecule is Cl.Cl.O=C(c1ccc(Nc2cc(C(F)(F)F)nc3ccccc23)cc1)N1CCNCC1. The second kappa shape index (κ2) is 10.2. The number of benzene rings is 2. The molecule has 3 aromatic rings. The van der Waals surface area contributed by atoms with E-state index in [0.717, 1.165) is 19.2 Å². The van der Waals surface area contributed by atoms with Crippen molar-refractivity contribution in [2.45, 2.75) is 6.18 Å². The Morgan fingerprint density at radius 2 is 1.65 bits per heavy atom. The molecule has 31 heavy (non-hydrogen) atoms. The van der Waals surface area contributed by atoms with E-state index < -0.39 is 11.9 Å². The summed E-state index contributed by atoms with van der Waals surface area (Å²) in [6.07, 6.45) is -4.54. The second-order valence-electron chi connectivity index (χ2n) is 6.81. The lowest BCUT2D eigenvalue weighted by atomic mass is 10.1. The number of alkyl halides is 3. The lowest BCUT2D eigenvalue weighted by Crippen LogP contribution is -2.46. The first-order chi connectivity index (χ1) is 13.9. The number of carbonyl (C=O) groups is 1. The van der Waals surface area contributed by atoms with Crippen LogP contribution in [0.2, 0.25) is 0 Å². The summed E-state index contributed by atoms with van der Waals surface area (Å²) < 4.78 is 39.6. The van der Waals surface area contributed by atoms with Gasteiger partial charge in [-0.05, 0) is 36.4 Å². The average Bonchev–Trinajstić information content (AvgIpc) is 2.74. The number of hydrogen-bond donors (Lipinski definition) is 2. The largest absolute Gasteiger partial charge is 0.433 e. The Balaban J connectivity index is 0.00000171. The number of para-hydroxylation sites is 1. The third kappa shape index (κ3) is 5.58. The van der Waals surface area contributed by atoms with Crippen LogP contribution in [0, 0.1) is 0 Å². The first-order valence-electron chi connectivity index (χ1n) is 9.26. The maximum Gasteiger partial charge on any atom is 0.433 e. The number of anilines is 2. The van der Waals surface area contributed by atoms with Crippen molar-refractivity contribution in [3.05, 3.63) is 65.9 Å². The zero-order valence-electron chi connectivity index (χ0n) is 16.3. The monoisotopic (exact) mass is 472 g/mol. The lowest BCUT2D eigenvalue weighted by molar-refractivity contribution is -0.140. The second-order valence-corrected chi connectivity index (χ2v) is 6.81. The predicted octanol–water partition coefficient (Wildman–Crippen LogP) is 4.89. The van der Waals surface area contributed by atoms with Gasteiger partial charge in [0.15, 0.2) is 0 Å².